The van der Waals surface area contributed by atoms with Crippen molar-refractivity contribution in [1.29, 1.82) is 0 Å². The Hall–Kier alpha value is -3.59. The van der Waals surface area contributed by atoms with Gasteiger partial charge < -0.3 is 14.6 Å². The van der Waals surface area contributed by atoms with Gasteiger partial charge in [0.1, 0.15) is 29.6 Å². The number of hydrogen-bond donors (Lipinski definition) is 2. The van der Waals surface area contributed by atoms with Crippen LogP contribution in [0.3, 0.4) is 0 Å². The average molecular weight is 520 g/mol. The van der Waals surface area contributed by atoms with E-state index in [0.717, 1.165) is 47.3 Å². The molecular formula is C29H29NO6S. The molecule has 1 fully saturated rings. The highest BCUT2D eigenvalue weighted by Crippen LogP contribution is 2.41. The minimum absolute atomic E-state index is 0.148. The second kappa shape index (κ2) is 10.8. The zero-order valence-corrected chi connectivity index (χ0v) is 21.2. The van der Waals surface area contributed by atoms with Crippen LogP contribution in [-0.4, -0.2) is 49.2 Å². The van der Waals surface area contributed by atoms with Gasteiger partial charge in [-0.1, -0.05) is 24.6 Å². The maximum absolute atomic E-state index is 11.5. The third-order valence-corrected chi connectivity index (χ3v) is 7.45. The third kappa shape index (κ3) is 6.05. The highest BCUT2D eigenvalue weighted by molar-refractivity contribution is 7.85. The fourth-order valence-electron chi connectivity index (χ4n) is 4.63. The van der Waals surface area contributed by atoms with Gasteiger partial charge in [0, 0.05) is 17.5 Å². The molecular weight excluding hydrogens is 490 g/mol. The van der Waals surface area contributed by atoms with Gasteiger partial charge in [-0.05, 0) is 97.5 Å². The van der Waals surface area contributed by atoms with Crippen LogP contribution in [0.5, 0.6) is 23.0 Å². The van der Waals surface area contributed by atoms with Crippen LogP contribution in [0, 0.1) is 0 Å². The Bertz CT molecular complexity index is 1480. The summed E-state index contributed by atoms with van der Waals surface area (Å²) in [7, 11) is -4.29. The van der Waals surface area contributed by atoms with E-state index >= 15 is 0 Å². The lowest BCUT2D eigenvalue weighted by Gasteiger charge is -2.26. The first kappa shape index (κ1) is 25.1. The summed E-state index contributed by atoms with van der Waals surface area (Å²) in [5, 5.41) is 11.5. The minimum Gasteiger partial charge on any atom is -0.508 e. The van der Waals surface area contributed by atoms with Crippen LogP contribution in [0.25, 0.3) is 21.9 Å². The van der Waals surface area contributed by atoms with Crippen LogP contribution in [0.15, 0.2) is 83.8 Å². The SMILES string of the molecule is O=S(=O)(O)c1ccc(-c2ccc3cc(O)ccc3c2Oc2ccc(OCCN3CCCCC3)cc2)cc1. The molecule has 1 heterocycles. The first-order valence-corrected chi connectivity index (χ1v) is 13.8. The van der Waals surface area contributed by atoms with Gasteiger partial charge in [-0.25, -0.2) is 0 Å². The molecule has 37 heavy (non-hydrogen) atoms. The summed E-state index contributed by atoms with van der Waals surface area (Å²) in [6.45, 7) is 3.83. The van der Waals surface area contributed by atoms with E-state index in [0.29, 0.717) is 18.1 Å². The molecule has 1 aliphatic rings. The third-order valence-electron chi connectivity index (χ3n) is 6.59. The monoisotopic (exact) mass is 519 g/mol. The number of likely N-dealkylation sites (tertiary alicyclic amines) is 1. The number of piperidine rings is 1. The normalized spacial score (nSPS) is 14.5. The van der Waals surface area contributed by atoms with Crippen LogP contribution < -0.4 is 9.47 Å². The zero-order valence-electron chi connectivity index (χ0n) is 20.3. The molecule has 0 aromatic heterocycles. The van der Waals surface area contributed by atoms with Gasteiger partial charge in [0.2, 0.25) is 0 Å². The molecule has 0 radical (unpaired) electrons. The first-order chi connectivity index (χ1) is 17.9. The number of fused-ring (bicyclic) bond motifs is 1. The number of benzene rings is 4. The highest BCUT2D eigenvalue weighted by atomic mass is 32.2. The van der Waals surface area contributed by atoms with E-state index in [4.69, 9.17) is 9.47 Å². The Labute approximate surface area is 216 Å². The van der Waals surface area contributed by atoms with Crippen molar-refractivity contribution in [3.63, 3.8) is 0 Å². The maximum atomic E-state index is 11.5. The molecule has 5 rings (SSSR count). The first-order valence-electron chi connectivity index (χ1n) is 12.3. The second-order valence-electron chi connectivity index (χ2n) is 9.17. The molecule has 8 heteroatoms. The second-order valence-corrected chi connectivity index (χ2v) is 10.6. The molecule has 192 valence electrons. The topological polar surface area (TPSA) is 96.3 Å². The van der Waals surface area contributed by atoms with Gasteiger partial charge in [-0.2, -0.15) is 8.42 Å². The molecule has 1 saturated heterocycles. The zero-order chi connectivity index (χ0) is 25.8. The standard InChI is InChI=1S/C29H29NO6S/c31-23-7-15-28-22(20-23)6-14-27(21-4-12-26(13-5-21)37(32,33)34)29(28)36-25-10-8-24(9-11-25)35-19-18-30-16-2-1-3-17-30/h4-15,20,31H,1-3,16-19H2,(H,32,33,34). The molecule has 4 aromatic rings. The largest absolute Gasteiger partial charge is 0.508 e. The quantitative estimate of drug-likeness (QED) is 0.271. The summed E-state index contributed by atoms with van der Waals surface area (Å²) in [6, 6.07) is 22.2. The fraction of sp³-hybridized carbons (Fsp3) is 0.241. The molecule has 0 aliphatic carbocycles. The van der Waals surface area contributed by atoms with Crippen molar-refractivity contribution < 1.29 is 27.6 Å². The molecule has 7 nitrogen and oxygen atoms in total. The lowest BCUT2D eigenvalue weighted by atomic mass is 9.99. The average Bonchev–Trinajstić information content (AvgIpc) is 2.90. The highest BCUT2D eigenvalue weighted by Gasteiger charge is 2.15. The Balaban J connectivity index is 1.39. The van der Waals surface area contributed by atoms with Crippen LogP contribution in [0.2, 0.25) is 0 Å². The van der Waals surface area contributed by atoms with E-state index in [1.165, 1.54) is 31.4 Å². The summed E-state index contributed by atoms with van der Waals surface area (Å²) >= 11 is 0. The predicted molar refractivity (Wildman–Crippen MR) is 143 cm³/mol. The number of nitrogens with zero attached hydrogens (tertiary/aromatic N) is 1. The van der Waals surface area contributed by atoms with E-state index in [-0.39, 0.29) is 10.6 Å². The van der Waals surface area contributed by atoms with E-state index in [2.05, 4.69) is 4.90 Å². The number of ether oxygens (including phenoxy) is 2. The van der Waals surface area contributed by atoms with Crippen molar-refractivity contribution in [3.05, 3.63) is 78.9 Å². The van der Waals surface area contributed by atoms with Crippen molar-refractivity contribution in [3.8, 4) is 34.1 Å². The van der Waals surface area contributed by atoms with Crippen molar-refractivity contribution in [2.75, 3.05) is 26.2 Å². The molecule has 0 spiro atoms. The molecule has 0 unspecified atom stereocenters. The molecule has 0 saturated carbocycles. The summed E-state index contributed by atoms with van der Waals surface area (Å²) < 4.78 is 44.5. The summed E-state index contributed by atoms with van der Waals surface area (Å²) in [5.74, 6) is 2.10. The summed E-state index contributed by atoms with van der Waals surface area (Å²) in [6.07, 6.45) is 3.83. The summed E-state index contributed by atoms with van der Waals surface area (Å²) in [4.78, 5) is 2.25. The van der Waals surface area contributed by atoms with Gasteiger partial charge in [-0.15, -0.1) is 0 Å². The maximum Gasteiger partial charge on any atom is 0.294 e. The predicted octanol–water partition coefficient (Wildman–Crippen LogP) is 6.12. The fourth-order valence-corrected chi connectivity index (χ4v) is 5.11. The van der Waals surface area contributed by atoms with Crippen LogP contribution >= 0.6 is 0 Å². The lowest BCUT2D eigenvalue weighted by Crippen LogP contribution is -2.33. The number of phenolic OH excluding ortho intramolecular Hbond substituents is 1. The molecule has 0 amide bonds. The van der Waals surface area contributed by atoms with Crippen molar-refractivity contribution in [2.24, 2.45) is 0 Å². The van der Waals surface area contributed by atoms with E-state index in [1.54, 1.807) is 30.3 Å². The van der Waals surface area contributed by atoms with Gasteiger partial charge in [0.25, 0.3) is 10.1 Å². The molecule has 1 aliphatic heterocycles. The molecule has 4 aromatic carbocycles. The molecule has 2 N–H and O–H groups in total. The van der Waals surface area contributed by atoms with Crippen molar-refractivity contribution in [1.82, 2.24) is 4.90 Å². The molecule has 0 bridgehead atoms. The van der Waals surface area contributed by atoms with Gasteiger partial charge in [-0.3, -0.25) is 9.45 Å². The van der Waals surface area contributed by atoms with Crippen LogP contribution in [0.4, 0.5) is 0 Å². The van der Waals surface area contributed by atoms with Crippen LogP contribution in [-0.2, 0) is 10.1 Å². The Kier molecular flexibility index (Phi) is 7.32. The summed E-state index contributed by atoms with van der Waals surface area (Å²) in [5.41, 5.74) is 1.46. The van der Waals surface area contributed by atoms with E-state index in [9.17, 15) is 18.1 Å². The minimum atomic E-state index is -4.29. The van der Waals surface area contributed by atoms with E-state index < -0.39 is 10.1 Å². The number of phenols is 1. The lowest BCUT2D eigenvalue weighted by molar-refractivity contribution is 0.183. The van der Waals surface area contributed by atoms with E-state index in [1.807, 2.05) is 36.4 Å². The Morgan fingerprint density at radius 3 is 2.22 bits per heavy atom. The van der Waals surface area contributed by atoms with Crippen molar-refractivity contribution in [2.45, 2.75) is 24.2 Å². The smallest absolute Gasteiger partial charge is 0.294 e. The number of hydrogen-bond acceptors (Lipinski definition) is 6. The van der Waals surface area contributed by atoms with Crippen molar-refractivity contribution >= 4 is 20.9 Å². The molecule has 0 atom stereocenters. The Morgan fingerprint density at radius 1 is 0.811 bits per heavy atom. The number of rotatable bonds is 8. The van der Waals surface area contributed by atoms with Gasteiger partial charge in [0.05, 0.1) is 4.90 Å². The Morgan fingerprint density at radius 2 is 1.51 bits per heavy atom. The number of aromatic hydroxyl groups is 1. The van der Waals surface area contributed by atoms with Gasteiger partial charge in [0.15, 0.2) is 0 Å². The van der Waals surface area contributed by atoms with Crippen LogP contribution in [0.1, 0.15) is 19.3 Å². The van der Waals surface area contributed by atoms with Gasteiger partial charge >= 0.3 is 0 Å².